The van der Waals surface area contributed by atoms with E-state index >= 15 is 0 Å². The number of aromatic nitrogens is 3. The van der Waals surface area contributed by atoms with Gasteiger partial charge in [0.1, 0.15) is 5.82 Å². The van der Waals surface area contributed by atoms with Crippen LogP contribution in [-0.2, 0) is 4.74 Å². The Kier molecular flexibility index (Phi) is 5.71. The lowest BCUT2D eigenvalue weighted by atomic mass is 10.1. The molecule has 3 aromatic rings. The summed E-state index contributed by atoms with van der Waals surface area (Å²) in [6.07, 6.45) is 2.66. The van der Waals surface area contributed by atoms with E-state index in [1.165, 1.54) is 0 Å². The highest BCUT2D eigenvalue weighted by molar-refractivity contribution is 9.10. The molecule has 1 aromatic carbocycles. The van der Waals surface area contributed by atoms with Crippen LogP contribution in [0, 0.1) is 0 Å². The number of ether oxygens (including phenoxy) is 1. The zero-order valence-electron chi connectivity index (χ0n) is 13.3. The van der Waals surface area contributed by atoms with Crippen LogP contribution in [0.2, 0.25) is 5.02 Å². The van der Waals surface area contributed by atoms with Crippen molar-refractivity contribution in [3.8, 4) is 11.3 Å². The molecule has 24 heavy (non-hydrogen) atoms. The highest BCUT2D eigenvalue weighted by Crippen LogP contribution is 2.30. The highest BCUT2D eigenvalue weighted by atomic mass is 79.9. The smallest absolute Gasteiger partial charge is 0.172 e. The minimum atomic E-state index is 0.673. The van der Waals surface area contributed by atoms with E-state index in [0.717, 1.165) is 53.4 Å². The fourth-order valence-electron chi connectivity index (χ4n) is 2.40. The summed E-state index contributed by atoms with van der Waals surface area (Å²) >= 11 is 9.83. The highest BCUT2D eigenvalue weighted by Gasteiger charge is 2.12. The lowest BCUT2D eigenvalue weighted by Crippen LogP contribution is -2.10. The molecule has 5 nitrogen and oxygen atoms in total. The first kappa shape index (κ1) is 17.2. The van der Waals surface area contributed by atoms with Crippen LogP contribution in [0.1, 0.15) is 13.3 Å². The first-order valence-corrected chi connectivity index (χ1v) is 8.98. The van der Waals surface area contributed by atoms with Crippen molar-refractivity contribution in [2.45, 2.75) is 13.3 Å². The van der Waals surface area contributed by atoms with Gasteiger partial charge in [-0.3, -0.25) is 0 Å². The lowest BCUT2D eigenvalue weighted by molar-refractivity contribution is 0.147. The van der Waals surface area contributed by atoms with Gasteiger partial charge in [-0.1, -0.05) is 29.8 Å². The number of nitrogens with one attached hydrogen (secondary N) is 1. The van der Waals surface area contributed by atoms with Gasteiger partial charge < -0.3 is 10.1 Å². The minimum Gasteiger partial charge on any atom is -0.382 e. The fraction of sp³-hybridized carbons (Fsp3) is 0.294. The SMILES string of the molecule is CCOCCCNc1cc(-c2ccccc2Cl)nc2c(Br)cnn12. The summed E-state index contributed by atoms with van der Waals surface area (Å²) in [5, 5.41) is 8.45. The Bertz CT molecular complexity index is 837. The average molecular weight is 410 g/mol. The molecule has 0 spiro atoms. The van der Waals surface area contributed by atoms with Gasteiger partial charge in [-0.2, -0.15) is 9.61 Å². The van der Waals surface area contributed by atoms with Gasteiger partial charge in [-0.25, -0.2) is 4.98 Å². The normalized spacial score (nSPS) is 11.1. The molecule has 0 aliphatic carbocycles. The van der Waals surface area contributed by atoms with Crippen molar-refractivity contribution in [1.82, 2.24) is 14.6 Å². The number of hydrogen-bond donors (Lipinski definition) is 1. The molecule has 2 heterocycles. The van der Waals surface area contributed by atoms with Crippen molar-refractivity contribution >= 4 is 39.0 Å². The van der Waals surface area contributed by atoms with E-state index < -0.39 is 0 Å². The fourth-order valence-corrected chi connectivity index (χ4v) is 2.98. The summed E-state index contributed by atoms with van der Waals surface area (Å²) in [5.41, 5.74) is 2.45. The number of anilines is 1. The second kappa shape index (κ2) is 7.96. The summed E-state index contributed by atoms with van der Waals surface area (Å²) in [6, 6.07) is 9.65. The molecule has 0 saturated carbocycles. The molecule has 0 atom stereocenters. The molecule has 1 N–H and O–H groups in total. The van der Waals surface area contributed by atoms with Crippen LogP contribution in [0.3, 0.4) is 0 Å². The van der Waals surface area contributed by atoms with Crippen LogP contribution in [0.5, 0.6) is 0 Å². The molecule has 126 valence electrons. The number of rotatable bonds is 7. The molecule has 0 aliphatic heterocycles. The Hall–Kier alpha value is -1.63. The standard InChI is InChI=1S/C17H18BrClN4O/c1-2-24-9-5-8-20-16-10-15(12-6-3-4-7-14(12)19)22-17-13(18)11-21-23(16)17/h3-4,6-7,10-11,20H,2,5,8-9H2,1H3. The third-order valence-corrected chi connectivity index (χ3v) is 4.44. The number of fused-ring (bicyclic) bond motifs is 1. The summed E-state index contributed by atoms with van der Waals surface area (Å²) < 4.78 is 8.00. The molecule has 2 aromatic heterocycles. The van der Waals surface area contributed by atoms with Crippen LogP contribution in [0.4, 0.5) is 5.82 Å². The molecule has 0 amide bonds. The Morgan fingerprint density at radius 1 is 1.33 bits per heavy atom. The summed E-state index contributed by atoms with van der Waals surface area (Å²) in [5.74, 6) is 0.872. The zero-order chi connectivity index (χ0) is 16.9. The van der Waals surface area contributed by atoms with Gasteiger partial charge in [0.05, 0.1) is 16.4 Å². The van der Waals surface area contributed by atoms with Gasteiger partial charge in [-0.05, 0) is 35.3 Å². The lowest BCUT2D eigenvalue weighted by Gasteiger charge is -2.11. The van der Waals surface area contributed by atoms with E-state index in [4.69, 9.17) is 16.3 Å². The van der Waals surface area contributed by atoms with Crippen LogP contribution < -0.4 is 5.32 Å². The molecular formula is C17H18BrClN4O. The van der Waals surface area contributed by atoms with Crippen molar-refractivity contribution in [2.75, 3.05) is 25.1 Å². The van der Waals surface area contributed by atoms with Crippen molar-refractivity contribution < 1.29 is 4.74 Å². The van der Waals surface area contributed by atoms with E-state index in [9.17, 15) is 0 Å². The topological polar surface area (TPSA) is 51.5 Å². The second-order valence-electron chi connectivity index (χ2n) is 5.21. The Labute approximate surface area is 154 Å². The maximum atomic E-state index is 6.33. The number of hydrogen-bond acceptors (Lipinski definition) is 4. The van der Waals surface area contributed by atoms with Gasteiger partial charge in [0.2, 0.25) is 0 Å². The predicted molar refractivity (Wildman–Crippen MR) is 101 cm³/mol. The van der Waals surface area contributed by atoms with Crippen LogP contribution >= 0.6 is 27.5 Å². The van der Waals surface area contributed by atoms with Crippen molar-refractivity contribution in [1.29, 1.82) is 0 Å². The summed E-state index contributed by atoms with van der Waals surface area (Å²) in [4.78, 5) is 4.69. The average Bonchev–Trinajstić information content (AvgIpc) is 2.96. The summed E-state index contributed by atoms with van der Waals surface area (Å²) in [6.45, 7) is 4.26. The summed E-state index contributed by atoms with van der Waals surface area (Å²) in [7, 11) is 0. The van der Waals surface area contributed by atoms with E-state index in [1.54, 1.807) is 10.7 Å². The Morgan fingerprint density at radius 2 is 2.17 bits per heavy atom. The molecule has 3 rings (SSSR count). The third-order valence-electron chi connectivity index (χ3n) is 3.55. The molecule has 0 unspecified atom stereocenters. The van der Waals surface area contributed by atoms with E-state index in [2.05, 4.69) is 31.3 Å². The predicted octanol–water partition coefficient (Wildman–Crippen LogP) is 4.65. The van der Waals surface area contributed by atoms with E-state index in [1.807, 2.05) is 37.3 Å². The van der Waals surface area contributed by atoms with Crippen molar-refractivity contribution in [3.05, 3.63) is 46.0 Å². The van der Waals surface area contributed by atoms with Gasteiger partial charge in [-0.15, -0.1) is 0 Å². The van der Waals surface area contributed by atoms with Crippen molar-refractivity contribution in [2.24, 2.45) is 0 Å². The Balaban J connectivity index is 1.94. The molecular weight excluding hydrogens is 392 g/mol. The van der Waals surface area contributed by atoms with Gasteiger partial charge in [0.25, 0.3) is 0 Å². The number of benzene rings is 1. The van der Waals surface area contributed by atoms with Crippen LogP contribution in [0.25, 0.3) is 16.9 Å². The third kappa shape index (κ3) is 3.71. The van der Waals surface area contributed by atoms with Gasteiger partial charge in [0.15, 0.2) is 5.65 Å². The maximum Gasteiger partial charge on any atom is 0.172 e. The van der Waals surface area contributed by atoms with Crippen LogP contribution in [0.15, 0.2) is 41.0 Å². The molecule has 0 aliphatic rings. The monoisotopic (exact) mass is 408 g/mol. The Morgan fingerprint density at radius 3 is 2.96 bits per heavy atom. The van der Waals surface area contributed by atoms with Crippen LogP contribution in [-0.4, -0.2) is 34.4 Å². The molecule has 0 radical (unpaired) electrons. The van der Waals surface area contributed by atoms with Gasteiger partial charge in [0, 0.05) is 36.4 Å². The van der Waals surface area contributed by atoms with E-state index in [0.29, 0.717) is 5.02 Å². The van der Waals surface area contributed by atoms with Gasteiger partial charge >= 0.3 is 0 Å². The molecule has 0 fully saturated rings. The molecule has 7 heteroatoms. The first-order chi connectivity index (χ1) is 11.7. The minimum absolute atomic E-state index is 0.673. The second-order valence-corrected chi connectivity index (χ2v) is 6.47. The van der Waals surface area contributed by atoms with E-state index in [-0.39, 0.29) is 0 Å². The largest absolute Gasteiger partial charge is 0.382 e. The quantitative estimate of drug-likeness (QED) is 0.577. The van der Waals surface area contributed by atoms with Crippen molar-refractivity contribution in [3.63, 3.8) is 0 Å². The number of nitrogens with zero attached hydrogens (tertiary/aromatic N) is 3. The molecule has 0 saturated heterocycles. The molecule has 0 bridgehead atoms. The first-order valence-electron chi connectivity index (χ1n) is 7.81. The number of halogens is 2. The maximum absolute atomic E-state index is 6.33. The zero-order valence-corrected chi connectivity index (χ0v) is 15.6.